The lowest BCUT2D eigenvalue weighted by Gasteiger charge is -2.60. The van der Waals surface area contributed by atoms with Gasteiger partial charge in [0.25, 0.3) is 0 Å². The lowest BCUT2D eigenvalue weighted by Crippen LogP contribution is -2.53. The summed E-state index contributed by atoms with van der Waals surface area (Å²) in [5.74, 6) is 3.23. The van der Waals surface area contributed by atoms with E-state index in [2.05, 4.69) is 54.5 Å². The Morgan fingerprint density at radius 3 is 2.47 bits per heavy atom. The van der Waals surface area contributed by atoms with Crippen molar-refractivity contribution in [3.05, 3.63) is 22.8 Å². The van der Waals surface area contributed by atoms with E-state index in [0.717, 1.165) is 24.2 Å². The third-order valence-corrected chi connectivity index (χ3v) is 10.8. The average molecular weight is 413 g/mol. The summed E-state index contributed by atoms with van der Waals surface area (Å²) < 4.78 is 0. The first-order valence-corrected chi connectivity index (χ1v) is 13.1. The van der Waals surface area contributed by atoms with E-state index in [1.165, 1.54) is 63.4 Å². The van der Waals surface area contributed by atoms with Crippen molar-refractivity contribution in [1.82, 2.24) is 0 Å². The Bertz CT molecular complexity index is 723. The Labute approximate surface area is 186 Å². The summed E-state index contributed by atoms with van der Waals surface area (Å²) in [7, 11) is 0. The Balaban J connectivity index is 1.59. The summed E-state index contributed by atoms with van der Waals surface area (Å²) in [6, 6.07) is 0. The molecule has 0 radical (unpaired) electrons. The van der Waals surface area contributed by atoms with E-state index in [9.17, 15) is 5.11 Å². The van der Waals surface area contributed by atoms with Crippen molar-refractivity contribution in [2.24, 2.45) is 39.9 Å². The molecule has 4 aliphatic carbocycles. The van der Waals surface area contributed by atoms with Gasteiger partial charge in [-0.3, -0.25) is 0 Å². The van der Waals surface area contributed by atoms with E-state index in [1.54, 1.807) is 0 Å². The number of hydrogen-bond donors (Lipinski definition) is 1. The molecule has 2 saturated carbocycles. The third kappa shape index (κ3) is 3.37. The van der Waals surface area contributed by atoms with Gasteiger partial charge in [-0.15, -0.1) is 0 Å². The molecule has 0 amide bonds. The Hall–Kier alpha value is -0.560. The Morgan fingerprint density at radius 2 is 1.77 bits per heavy atom. The van der Waals surface area contributed by atoms with Gasteiger partial charge in [0, 0.05) is 0 Å². The third-order valence-electron chi connectivity index (χ3n) is 10.8. The fourth-order valence-electron chi connectivity index (χ4n) is 9.10. The second kappa shape index (κ2) is 7.79. The van der Waals surface area contributed by atoms with Gasteiger partial charge in [0.2, 0.25) is 0 Å². The molecule has 1 heteroatoms. The molecule has 30 heavy (non-hydrogen) atoms. The molecule has 0 aliphatic heterocycles. The van der Waals surface area contributed by atoms with Crippen molar-refractivity contribution in [3.63, 3.8) is 0 Å². The molecule has 7 atom stereocenters. The molecule has 2 fully saturated rings. The highest BCUT2D eigenvalue weighted by atomic mass is 16.3. The predicted octanol–water partition coefficient (Wildman–Crippen LogP) is 8.09. The van der Waals surface area contributed by atoms with Crippen LogP contribution in [-0.2, 0) is 0 Å². The molecular weight excluding hydrogens is 364 g/mol. The fourth-order valence-corrected chi connectivity index (χ4v) is 9.10. The maximum Gasteiger partial charge on any atom is 0.0594 e. The maximum absolute atomic E-state index is 10.8. The average Bonchev–Trinajstić information content (AvgIpc) is 3.02. The minimum atomic E-state index is -0.121. The first-order valence-electron chi connectivity index (χ1n) is 13.1. The van der Waals surface area contributed by atoms with Gasteiger partial charge in [0.05, 0.1) is 6.10 Å². The van der Waals surface area contributed by atoms with Crippen LogP contribution < -0.4 is 0 Å². The molecule has 1 nitrogen and oxygen atoms in total. The molecule has 0 bridgehead atoms. The highest BCUT2D eigenvalue weighted by Crippen LogP contribution is 2.68. The van der Waals surface area contributed by atoms with E-state index < -0.39 is 0 Å². The summed E-state index contributed by atoms with van der Waals surface area (Å²) >= 11 is 0. The van der Waals surface area contributed by atoms with E-state index in [0.29, 0.717) is 16.7 Å². The highest BCUT2D eigenvalue weighted by Gasteiger charge is 2.59. The monoisotopic (exact) mass is 412 g/mol. The number of aliphatic hydroxyl groups excluding tert-OH is 1. The van der Waals surface area contributed by atoms with Crippen LogP contribution in [0.4, 0.5) is 0 Å². The SMILES string of the molecule is CC(C)=CCC[C@@H](C)[C@H]1CC[C@H]2C3=C(CC[C@@]12C)[C@@]1(C)CCC(O)C(C)(C)C1CC3. The molecule has 0 aromatic rings. The number of rotatable bonds is 4. The summed E-state index contributed by atoms with van der Waals surface area (Å²) in [4.78, 5) is 0. The van der Waals surface area contributed by atoms with Gasteiger partial charge in [-0.2, -0.15) is 0 Å². The van der Waals surface area contributed by atoms with Crippen LogP contribution in [0.25, 0.3) is 0 Å². The van der Waals surface area contributed by atoms with Crippen molar-refractivity contribution >= 4 is 0 Å². The maximum atomic E-state index is 10.8. The lowest BCUT2D eigenvalue weighted by atomic mass is 9.46. The second-order valence-corrected chi connectivity index (χ2v) is 13.0. The fraction of sp³-hybridized carbons (Fsp3) is 0.862. The summed E-state index contributed by atoms with van der Waals surface area (Å²) in [5, 5.41) is 10.8. The molecular formula is C29H48O. The molecule has 0 heterocycles. The van der Waals surface area contributed by atoms with E-state index in [1.807, 2.05) is 11.1 Å². The normalized spacial score (nSPS) is 43.5. The van der Waals surface area contributed by atoms with Crippen LogP contribution >= 0.6 is 0 Å². The summed E-state index contributed by atoms with van der Waals surface area (Å²) in [6.07, 6.45) is 15.3. The van der Waals surface area contributed by atoms with Crippen LogP contribution in [0.3, 0.4) is 0 Å². The van der Waals surface area contributed by atoms with Gasteiger partial charge < -0.3 is 5.11 Å². The van der Waals surface area contributed by atoms with Gasteiger partial charge in [0.15, 0.2) is 0 Å². The van der Waals surface area contributed by atoms with E-state index in [4.69, 9.17) is 0 Å². The first-order chi connectivity index (χ1) is 14.0. The minimum absolute atomic E-state index is 0.0595. The van der Waals surface area contributed by atoms with Gasteiger partial charge >= 0.3 is 0 Å². The van der Waals surface area contributed by atoms with Gasteiger partial charge in [-0.25, -0.2) is 0 Å². The van der Waals surface area contributed by atoms with Crippen molar-refractivity contribution in [2.75, 3.05) is 0 Å². The molecule has 0 saturated heterocycles. The van der Waals surface area contributed by atoms with Crippen LogP contribution in [0.1, 0.15) is 113 Å². The van der Waals surface area contributed by atoms with E-state index >= 15 is 0 Å². The molecule has 1 N–H and O–H groups in total. The number of aliphatic hydroxyl groups is 1. The minimum Gasteiger partial charge on any atom is -0.393 e. The smallest absolute Gasteiger partial charge is 0.0594 e. The summed E-state index contributed by atoms with van der Waals surface area (Å²) in [6.45, 7) is 16.9. The van der Waals surface area contributed by atoms with Crippen molar-refractivity contribution in [1.29, 1.82) is 0 Å². The number of hydrogen-bond acceptors (Lipinski definition) is 1. The largest absolute Gasteiger partial charge is 0.393 e. The van der Waals surface area contributed by atoms with Gasteiger partial charge in [-0.05, 0) is 118 Å². The topological polar surface area (TPSA) is 20.2 Å². The van der Waals surface area contributed by atoms with Gasteiger partial charge in [-0.1, -0.05) is 57.4 Å². The van der Waals surface area contributed by atoms with Crippen LogP contribution in [0.5, 0.6) is 0 Å². The van der Waals surface area contributed by atoms with Crippen molar-refractivity contribution in [3.8, 4) is 0 Å². The van der Waals surface area contributed by atoms with Crippen molar-refractivity contribution in [2.45, 2.75) is 119 Å². The number of allylic oxidation sites excluding steroid dienone is 4. The molecule has 4 rings (SSSR count). The van der Waals surface area contributed by atoms with Crippen LogP contribution in [0.2, 0.25) is 0 Å². The molecule has 2 unspecified atom stereocenters. The first kappa shape index (κ1) is 22.6. The van der Waals surface area contributed by atoms with Gasteiger partial charge in [0.1, 0.15) is 0 Å². The number of fused-ring (bicyclic) bond motifs is 4. The molecule has 0 aromatic heterocycles. The van der Waals surface area contributed by atoms with Crippen LogP contribution in [0.15, 0.2) is 22.8 Å². The zero-order chi connectivity index (χ0) is 21.9. The molecule has 4 aliphatic rings. The zero-order valence-electron chi connectivity index (χ0n) is 21.0. The van der Waals surface area contributed by atoms with Crippen LogP contribution in [0, 0.1) is 39.9 Å². The van der Waals surface area contributed by atoms with E-state index in [-0.39, 0.29) is 11.5 Å². The molecule has 170 valence electrons. The molecule has 0 aromatic carbocycles. The van der Waals surface area contributed by atoms with Crippen molar-refractivity contribution < 1.29 is 5.11 Å². The predicted molar refractivity (Wildman–Crippen MR) is 128 cm³/mol. The highest BCUT2D eigenvalue weighted by molar-refractivity contribution is 5.35. The van der Waals surface area contributed by atoms with Crippen LogP contribution in [-0.4, -0.2) is 11.2 Å². The second-order valence-electron chi connectivity index (χ2n) is 13.0. The lowest BCUT2D eigenvalue weighted by molar-refractivity contribution is -0.0931. The quantitative estimate of drug-likeness (QED) is 0.462. The standard InChI is InChI=1S/C29H48O/c1-19(2)9-8-10-20(3)22-12-13-23-21-11-14-25-27(4,5)26(30)16-18-29(25,7)24(21)15-17-28(22,23)6/h9,20,22-23,25-26,30H,8,10-18H2,1-7H3/t20-,22-,23+,25?,26?,28+,29-/m1/s1. The Kier molecular flexibility index (Phi) is 5.87. The summed E-state index contributed by atoms with van der Waals surface area (Å²) in [5.41, 5.74) is 6.15. The molecule has 0 spiro atoms. The Morgan fingerprint density at radius 1 is 1.03 bits per heavy atom. The zero-order valence-corrected chi connectivity index (χ0v) is 21.0.